The molecule has 0 saturated heterocycles. The Morgan fingerprint density at radius 2 is 1.48 bits per heavy atom. The van der Waals surface area contributed by atoms with Crippen LogP contribution < -0.4 is 16.1 Å². The molecular weight excluding hydrogens is 331 g/mol. The van der Waals surface area contributed by atoms with Gasteiger partial charge in [-0.25, -0.2) is 0 Å². The molecule has 130 valence electrons. The van der Waals surface area contributed by atoms with Gasteiger partial charge in [-0.15, -0.1) is 0 Å². The molecule has 0 saturated carbocycles. The lowest BCUT2D eigenvalue weighted by Gasteiger charge is -2.44. The molecule has 3 nitrogen and oxygen atoms in total. The number of ether oxygens (including phenoxy) is 1. The van der Waals surface area contributed by atoms with Crippen molar-refractivity contribution < 1.29 is 4.74 Å². The minimum Gasteiger partial charge on any atom is -0.457 e. The molecule has 0 atom stereocenters. The summed E-state index contributed by atoms with van der Waals surface area (Å²) in [6, 6.07) is 15.7. The summed E-state index contributed by atoms with van der Waals surface area (Å²) in [6.45, 7) is 1.57. The molecule has 4 aliphatic rings. The topological polar surface area (TPSA) is 33.3 Å². The van der Waals surface area contributed by atoms with Crippen LogP contribution in [0.25, 0.3) is 11.1 Å². The summed E-state index contributed by atoms with van der Waals surface area (Å²) in [6.07, 6.45) is 8.11. The van der Waals surface area contributed by atoms with E-state index >= 15 is 0 Å². The van der Waals surface area contributed by atoms with Crippen molar-refractivity contribution in [3.63, 3.8) is 0 Å². The monoisotopic (exact) mass is 350 g/mol. The van der Waals surface area contributed by atoms with Crippen LogP contribution in [0.5, 0.6) is 0 Å². The molecule has 27 heavy (non-hydrogen) atoms. The number of hydrogen-bond donors (Lipinski definition) is 2. The second-order valence-electron chi connectivity index (χ2n) is 7.56. The SMILES string of the molecule is Bc1ccc2c(c1)C1(C3=C(C=CNC3)OC3=C1CNC=C3)c1ccccc1-2. The average molecular weight is 350 g/mol. The molecule has 3 heterocycles. The highest BCUT2D eigenvalue weighted by atomic mass is 16.5. The van der Waals surface area contributed by atoms with E-state index < -0.39 is 0 Å². The van der Waals surface area contributed by atoms with E-state index in [1.165, 1.54) is 38.9 Å². The molecule has 0 unspecified atom stereocenters. The maximum absolute atomic E-state index is 6.35. The normalized spacial score (nSPS) is 20.3. The zero-order valence-electron chi connectivity index (χ0n) is 15.2. The van der Waals surface area contributed by atoms with Crippen molar-refractivity contribution in [2.75, 3.05) is 13.1 Å². The van der Waals surface area contributed by atoms with Crippen molar-refractivity contribution in [2.24, 2.45) is 0 Å². The highest BCUT2D eigenvalue weighted by molar-refractivity contribution is 6.32. The lowest BCUT2D eigenvalue weighted by molar-refractivity contribution is 0.290. The molecule has 2 aromatic rings. The third-order valence-corrected chi connectivity index (χ3v) is 6.18. The van der Waals surface area contributed by atoms with Gasteiger partial charge in [0.15, 0.2) is 0 Å². The summed E-state index contributed by atoms with van der Waals surface area (Å²) in [5.41, 5.74) is 9.02. The van der Waals surface area contributed by atoms with Gasteiger partial charge in [0.1, 0.15) is 19.4 Å². The Morgan fingerprint density at radius 1 is 0.815 bits per heavy atom. The Kier molecular flexibility index (Phi) is 2.88. The first-order valence-corrected chi connectivity index (χ1v) is 9.46. The van der Waals surface area contributed by atoms with Crippen LogP contribution in [0.4, 0.5) is 0 Å². The van der Waals surface area contributed by atoms with E-state index in [-0.39, 0.29) is 5.41 Å². The number of nitrogens with one attached hydrogen (secondary N) is 2. The van der Waals surface area contributed by atoms with E-state index in [1.807, 2.05) is 12.4 Å². The average Bonchev–Trinajstić information content (AvgIpc) is 2.99. The summed E-state index contributed by atoms with van der Waals surface area (Å²) in [5.74, 6) is 1.95. The van der Waals surface area contributed by atoms with Crippen molar-refractivity contribution in [2.45, 2.75) is 5.41 Å². The van der Waals surface area contributed by atoms with Crippen molar-refractivity contribution in [1.29, 1.82) is 0 Å². The van der Waals surface area contributed by atoms with Crippen LogP contribution in [-0.2, 0) is 10.2 Å². The van der Waals surface area contributed by atoms with Crippen molar-refractivity contribution >= 4 is 13.3 Å². The van der Waals surface area contributed by atoms with Crippen LogP contribution in [0.15, 0.2) is 89.7 Å². The van der Waals surface area contributed by atoms with Gasteiger partial charge in [0.25, 0.3) is 0 Å². The highest BCUT2D eigenvalue weighted by Crippen LogP contribution is 2.59. The zero-order valence-corrected chi connectivity index (χ0v) is 15.2. The molecular formula is C23H19BN2O. The third kappa shape index (κ3) is 1.78. The second kappa shape index (κ2) is 5.20. The van der Waals surface area contributed by atoms with Crippen molar-refractivity contribution in [3.8, 4) is 11.1 Å². The lowest BCUT2D eigenvalue weighted by atomic mass is 9.63. The molecule has 0 bridgehead atoms. The minimum atomic E-state index is -0.281. The maximum atomic E-state index is 6.35. The largest absolute Gasteiger partial charge is 0.457 e. The summed E-state index contributed by atoms with van der Waals surface area (Å²) < 4.78 is 6.35. The molecule has 0 fully saturated rings. The van der Waals surface area contributed by atoms with Gasteiger partial charge in [-0.05, 0) is 34.4 Å². The predicted octanol–water partition coefficient (Wildman–Crippen LogP) is 1.98. The molecule has 2 aromatic carbocycles. The summed E-state index contributed by atoms with van der Waals surface area (Å²) in [5, 5.41) is 6.85. The van der Waals surface area contributed by atoms with Crippen LogP contribution in [0.2, 0.25) is 0 Å². The van der Waals surface area contributed by atoms with Gasteiger partial charge in [0, 0.05) is 36.6 Å². The fourth-order valence-electron chi connectivity index (χ4n) is 5.14. The highest BCUT2D eigenvalue weighted by Gasteiger charge is 2.53. The van der Waals surface area contributed by atoms with Crippen molar-refractivity contribution in [1.82, 2.24) is 10.6 Å². The third-order valence-electron chi connectivity index (χ3n) is 6.18. The van der Waals surface area contributed by atoms with Gasteiger partial charge in [0.05, 0.1) is 5.41 Å². The Morgan fingerprint density at radius 3 is 2.22 bits per heavy atom. The van der Waals surface area contributed by atoms with Gasteiger partial charge in [-0.3, -0.25) is 0 Å². The van der Waals surface area contributed by atoms with Crippen LogP contribution in [-0.4, -0.2) is 20.9 Å². The number of allylic oxidation sites excluding steroid dienone is 2. The fourth-order valence-corrected chi connectivity index (χ4v) is 5.14. The summed E-state index contributed by atoms with van der Waals surface area (Å²) in [7, 11) is 2.18. The van der Waals surface area contributed by atoms with Gasteiger partial charge in [-0.2, -0.15) is 0 Å². The summed E-state index contributed by atoms with van der Waals surface area (Å²) >= 11 is 0. The van der Waals surface area contributed by atoms with Crippen LogP contribution >= 0.6 is 0 Å². The van der Waals surface area contributed by atoms with E-state index in [2.05, 4.69) is 73.1 Å². The van der Waals surface area contributed by atoms with Gasteiger partial charge in [-0.1, -0.05) is 47.9 Å². The first-order valence-electron chi connectivity index (χ1n) is 9.46. The smallest absolute Gasteiger partial charge is 0.139 e. The molecule has 4 heteroatoms. The quantitative estimate of drug-likeness (QED) is 0.713. The number of dihydropyridines is 2. The van der Waals surface area contributed by atoms with E-state index in [4.69, 9.17) is 4.74 Å². The summed E-state index contributed by atoms with van der Waals surface area (Å²) in [4.78, 5) is 0. The van der Waals surface area contributed by atoms with Crippen LogP contribution in [0.3, 0.4) is 0 Å². The van der Waals surface area contributed by atoms with Crippen LogP contribution in [0.1, 0.15) is 11.1 Å². The number of benzene rings is 2. The molecule has 0 amide bonds. The predicted molar refractivity (Wildman–Crippen MR) is 110 cm³/mol. The second-order valence-corrected chi connectivity index (χ2v) is 7.56. The standard InChI is InChI=1S/C23H19BN2O/c24-14-5-6-16-15-3-1-2-4-17(15)23(18(16)11-14)19-12-25-9-7-21(19)27-22-8-10-26-13-20(22)23/h1-11,25-26H,12-13,24H2. The van der Waals surface area contributed by atoms with Crippen molar-refractivity contribution in [3.05, 3.63) is 101 Å². The van der Waals surface area contributed by atoms with Gasteiger partial charge >= 0.3 is 0 Å². The molecule has 6 rings (SSSR count). The van der Waals surface area contributed by atoms with Gasteiger partial charge in [0.2, 0.25) is 0 Å². The lowest BCUT2D eigenvalue weighted by Crippen LogP contribution is -2.43. The molecule has 3 aliphatic heterocycles. The van der Waals surface area contributed by atoms with E-state index in [9.17, 15) is 0 Å². The number of hydrogen-bond acceptors (Lipinski definition) is 3. The molecule has 1 spiro atoms. The molecule has 0 aromatic heterocycles. The Labute approximate surface area is 159 Å². The molecule has 1 aliphatic carbocycles. The van der Waals surface area contributed by atoms with E-state index in [1.54, 1.807) is 0 Å². The van der Waals surface area contributed by atoms with E-state index in [0.717, 1.165) is 24.6 Å². The Bertz CT molecular complexity index is 1080. The number of rotatable bonds is 0. The maximum Gasteiger partial charge on any atom is 0.139 e. The minimum absolute atomic E-state index is 0.281. The molecule has 2 N–H and O–H groups in total. The zero-order chi connectivity index (χ0) is 18.0. The van der Waals surface area contributed by atoms with E-state index in [0.29, 0.717) is 0 Å². The van der Waals surface area contributed by atoms with Gasteiger partial charge < -0.3 is 15.4 Å². The fraction of sp³-hybridized carbons (Fsp3) is 0.130. The Hall–Kier alpha value is -3.14. The Balaban J connectivity index is 1.80. The van der Waals surface area contributed by atoms with Crippen LogP contribution in [0, 0.1) is 0 Å². The number of fused-ring (bicyclic) bond motifs is 7. The molecule has 0 radical (unpaired) electrons. The first-order chi connectivity index (χ1) is 13.3. The first kappa shape index (κ1) is 15.0.